The fourth-order valence-corrected chi connectivity index (χ4v) is 2.54. The van der Waals surface area contributed by atoms with E-state index < -0.39 is 5.92 Å². The third kappa shape index (κ3) is 3.33. The van der Waals surface area contributed by atoms with Crippen molar-refractivity contribution in [3.05, 3.63) is 42.1 Å². The van der Waals surface area contributed by atoms with Crippen LogP contribution < -0.4 is 15.4 Å². The number of thiocarbonyl (C=S) groups is 1. The summed E-state index contributed by atoms with van der Waals surface area (Å²) in [4.78, 5) is 12.2. The third-order valence-corrected chi connectivity index (χ3v) is 3.50. The molecular formula is C15H18N2O3S. The number of esters is 1. The molecule has 1 aromatic carbocycles. The highest BCUT2D eigenvalue weighted by Crippen LogP contribution is 2.31. The molecule has 2 atom stereocenters. The first-order chi connectivity index (χ1) is 10.1. The molecule has 1 fully saturated rings. The van der Waals surface area contributed by atoms with Crippen molar-refractivity contribution in [3.8, 4) is 5.75 Å². The number of hydrogen-bond donors (Lipinski definition) is 2. The fourth-order valence-electron chi connectivity index (χ4n) is 2.28. The van der Waals surface area contributed by atoms with Crippen LogP contribution in [0.1, 0.15) is 18.5 Å². The Morgan fingerprint density at radius 2 is 2.05 bits per heavy atom. The highest BCUT2D eigenvalue weighted by molar-refractivity contribution is 7.80. The molecule has 0 amide bonds. The zero-order valence-electron chi connectivity index (χ0n) is 12.0. The van der Waals surface area contributed by atoms with Crippen molar-refractivity contribution in [2.45, 2.75) is 13.0 Å². The van der Waals surface area contributed by atoms with Crippen LogP contribution in [0.15, 0.2) is 36.5 Å². The van der Waals surface area contributed by atoms with E-state index in [0.29, 0.717) is 17.4 Å². The quantitative estimate of drug-likeness (QED) is 0.654. The first kappa shape index (κ1) is 15.3. The molecule has 6 heteroatoms. The normalized spacial score (nSPS) is 21.2. The van der Waals surface area contributed by atoms with Crippen LogP contribution in [0.2, 0.25) is 0 Å². The minimum absolute atomic E-state index is 0.309. The Balaban J connectivity index is 2.32. The Morgan fingerprint density at radius 1 is 1.38 bits per heavy atom. The molecule has 0 spiro atoms. The Morgan fingerprint density at radius 3 is 2.62 bits per heavy atom. The van der Waals surface area contributed by atoms with Crippen LogP contribution in [0.3, 0.4) is 0 Å². The van der Waals surface area contributed by atoms with Crippen molar-refractivity contribution in [1.82, 2.24) is 10.6 Å². The van der Waals surface area contributed by atoms with E-state index in [9.17, 15) is 4.79 Å². The van der Waals surface area contributed by atoms with Crippen molar-refractivity contribution in [2.24, 2.45) is 5.92 Å². The number of rotatable bonds is 4. The lowest BCUT2D eigenvalue weighted by molar-refractivity contribution is -0.147. The van der Waals surface area contributed by atoms with Crippen LogP contribution in [-0.2, 0) is 9.53 Å². The summed E-state index contributed by atoms with van der Waals surface area (Å²) < 4.78 is 10.3. The van der Waals surface area contributed by atoms with E-state index in [2.05, 4.69) is 17.2 Å². The monoisotopic (exact) mass is 306 g/mol. The lowest BCUT2D eigenvalue weighted by Crippen LogP contribution is -2.50. The van der Waals surface area contributed by atoms with Crippen molar-refractivity contribution in [3.63, 3.8) is 0 Å². The van der Waals surface area contributed by atoms with Gasteiger partial charge in [0.2, 0.25) is 0 Å². The number of carbonyl (C=O) groups is 1. The van der Waals surface area contributed by atoms with Gasteiger partial charge in [0.15, 0.2) is 5.11 Å². The SMILES string of the molecule is C=C1NC(=S)NC(c2ccc(OC)cc2)C1C(=O)OCC. The Kier molecular flexibility index (Phi) is 4.80. The zero-order chi connectivity index (χ0) is 15.4. The summed E-state index contributed by atoms with van der Waals surface area (Å²) in [7, 11) is 1.61. The van der Waals surface area contributed by atoms with Gasteiger partial charge >= 0.3 is 5.97 Å². The molecule has 5 nitrogen and oxygen atoms in total. The minimum atomic E-state index is -0.537. The largest absolute Gasteiger partial charge is 0.497 e. The first-order valence-electron chi connectivity index (χ1n) is 6.63. The van der Waals surface area contributed by atoms with E-state index >= 15 is 0 Å². The van der Waals surface area contributed by atoms with Crippen LogP contribution in [0, 0.1) is 5.92 Å². The highest BCUT2D eigenvalue weighted by atomic mass is 32.1. The average molecular weight is 306 g/mol. The van der Waals surface area contributed by atoms with E-state index in [-0.39, 0.29) is 12.0 Å². The lowest BCUT2D eigenvalue weighted by Gasteiger charge is -2.34. The van der Waals surface area contributed by atoms with Gasteiger partial charge in [-0.15, -0.1) is 0 Å². The van der Waals surface area contributed by atoms with Crippen LogP contribution in [0.4, 0.5) is 0 Å². The van der Waals surface area contributed by atoms with Gasteiger partial charge in [-0.1, -0.05) is 18.7 Å². The Bertz CT molecular complexity index is 557. The van der Waals surface area contributed by atoms with Crippen LogP contribution >= 0.6 is 12.2 Å². The molecule has 112 valence electrons. The van der Waals surface area contributed by atoms with Gasteiger partial charge in [0.1, 0.15) is 11.7 Å². The number of ether oxygens (including phenoxy) is 2. The van der Waals surface area contributed by atoms with E-state index in [1.165, 1.54) is 0 Å². The van der Waals surface area contributed by atoms with E-state index in [4.69, 9.17) is 21.7 Å². The molecule has 1 saturated heterocycles. The van der Waals surface area contributed by atoms with Crippen molar-refractivity contribution >= 4 is 23.3 Å². The van der Waals surface area contributed by atoms with Gasteiger partial charge in [-0.25, -0.2) is 0 Å². The van der Waals surface area contributed by atoms with Crippen molar-refractivity contribution < 1.29 is 14.3 Å². The number of carbonyl (C=O) groups excluding carboxylic acids is 1. The maximum Gasteiger partial charge on any atom is 0.317 e. The average Bonchev–Trinajstić information content (AvgIpc) is 2.46. The summed E-state index contributed by atoms with van der Waals surface area (Å²) in [6.45, 7) is 5.99. The summed E-state index contributed by atoms with van der Waals surface area (Å²) in [6.07, 6.45) is 0. The molecule has 2 rings (SSSR count). The molecule has 1 heterocycles. The van der Waals surface area contributed by atoms with E-state index in [1.54, 1.807) is 14.0 Å². The van der Waals surface area contributed by atoms with Gasteiger partial charge in [-0.2, -0.15) is 0 Å². The first-order valence-corrected chi connectivity index (χ1v) is 7.04. The summed E-state index contributed by atoms with van der Waals surface area (Å²) >= 11 is 5.15. The maximum atomic E-state index is 12.2. The summed E-state index contributed by atoms with van der Waals surface area (Å²) in [5.41, 5.74) is 1.46. The lowest BCUT2D eigenvalue weighted by atomic mass is 9.89. The van der Waals surface area contributed by atoms with Crippen molar-refractivity contribution in [1.29, 1.82) is 0 Å². The van der Waals surface area contributed by atoms with Crippen LogP contribution in [0.25, 0.3) is 0 Å². The predicted octanol–water partition coefficient (Wildman–Crippen LogP) is 1.91. The van der Waals surface area contributed by atoms with Gasteiger partial charge in [0.05, 0.1) is 19.8 Å². The Hall–Kier alpha value is -2.08. The smallest absolute Gasteiger partial charge is 0.317 e. The van der Waals surface area contributed by atoms with Gasteiger partial charge in [-0.3, -0.25) is 4.79 Å². The molecule has 0 aliphatic carbocycles. The second kappa shape index (κ2) is 6.58. The van der Waals surface area contributed by atoms with Gasteiger partial charge in [0, 0.05) is 5.70 Å². The van der Waals surface area contributed by atoms with Crippen molar-refractivity contribution in [2.75, 3.05) is 13.7 Å². The zero-order valence-corrected chi connectivity index (χ0v) is 12.8. The molecule has 1 aliphatic heterocycles. The number of methoxy groups -OCH3 is 1. The maximum absolute atomic E-state index is 12.2. The molecule has 2 unspecified atom stereocenters. The molecule has 1 aliphatic rings. The standard InChI is InChI=1S/C15H18N2O3S/c1-4-20-14(18)12-9(2)16-15(21)17-13(12)10-5-7-11(19-3)8-6-10/h5-8,12-13H,2,4H2,1,3H3,(H2,16,17,21). The number of nitrogens with one attached hydrogen (secondary N) is 2. The topological polar surface area (TPSA) is 59.6 Å². The molecule has 0 radical (unpaired) electrons. The minimum Gasteiger partial charge on any atom is -0.497 e. The van der Waals surface area contributed by atoms with Gasteiger partial charge in [-0.05, 0) is 36.8 Å². The van der Waals surface area contributed by atoms with Crippen LogP contribution in [-0.4, -0.2) is 24.8 Å². The summed E-state index contributed by atoms with van der Waals surface area (Å²) in [5, 5.41) is 6.44. The second-order valence-electron chi connectivity index (χ2n) is 4.60. The molecule has 1 aromatic rings. The van der Waals surface area contributed by atoms with Gasteiger partial charge in [0.25, 0.3) is 0 Å². The van der Waals surface area contributed by atoms with E-state index in [0.717, 1.165) is 11.3 Å². The molecule has 2 N–H and O–H groups in total. The summed E-state index contributed by atoms with van der Waals surface area (Å²) in [5.74, 6) is -0.113. The molecule has 0 aromatic heterocycles. The number of benzene rings is 1. The van der Waals surface area contributed by atoms with Gasteiger partial charge < -0.3 is 20.1 Å². The molecule has 0 saturated carbocycles. The number of hydrogen-bond acceptors (Lipinski definition) is 4. The third-order valence-electron chi connectivity index (χ3n) is 3.28. The van der Waals surface area contributed by atoms with E-state index in [1.807, 2.05) is 24.3 Å². The molecule has 21 heavy (non-hydrogen) atoms. The second-order valence-corrected chi connectivity index (χ2v) is 5.01. The van der Waals surface area contributed by atoms with Crippen LogP contribution in [0.5, 0.6) is 5.75 Å². The Labute approximate surface area is 129 Å². The molecular weight excluding hydrogens is 288 g/mol. The summed E-state index contributed by atoms with van der Waals surface area (Å²) in [6, 6.07) is 7.16. The highest BCUT2D eigenvalue weighted by Gasteiger charge is 2.37. The predicted molar refractivity (Wildman–Crippen MR) is 83.9 cm³/mol. The fraction of sp³-hybridized carbons (Fsp3) is 0.333. The molecule has 0 bridgehead atoms.